The monoisotopic (exact) mass is 540 g/mol. The van der Waals surface area contributed by atoms with Gasteiger partial charge < -0.3 is 9.64 Å². The summed E-state index contributed by atoms with van der Waals surface area (Å²) in [6, 6.07) is 11.2. The molecule has 1 saturated heterocycles. The minimum Gasteiger partial charge on any atom is -0.444 e. The Bertz CT molecular complexity index is 1380. The highest BCUT2D eigenvalue weighted by atomic mass is 79.9. The fraction of sp³-hybridized carbons (Fsp3) is 0.429. The van der Waals surface area contributed by atoms with Gasteiger partial charge in [-0.15, -0.1) is 0 Å². The van der Waals surface area contributed by atoms with E-state index in [1.165, 1.54) is 6.07 Å². The molecule has 0 spiro atoms. The molecule has 0 radical (unpaired) electrons. The molecule has 2 heterocycles. The molecule has 0 bridgehead atoms. The average Bonchev–Trinajstić information content (AvgIpc) is 3.56. The molecule has 7 heteroatoms. The molecule has 0 N–H and O–H groups in total. The first-order valence-electron chi connectivity index (χ1n) is 12.2. The maximum Gasteiger partial charge on any atom is 0.410 e. The molecule has 5 nitrogen and oxygen atoms in total. The predicted molar refractivity (Wildman–Crippen MR) is 139 cm³/mol. The number of carbonyl (C=O) groups excluding carboxylic acids is 1. The van der Waals surface area contributed by atoms with Crippen LogP contribution in [0.25, 0.3) is 16.5 Å². The lowest BCUT2D eigenvalue weighted by Crippen LogP contribution is -2.51. The Morgan fingerprint density at radius 3 is 2.49 bits per heavy atom. The molecule has 3 aromatic rings. The molecule has 1 saturated carbocycles. The van der Waals surface area contributed by atoms with Crippen LogP contribution < -0.4 is 5.56 Å². The molecule has 2 aromatic carbocycles. The van der Waals surface area contributed by atoms with Crippen molar-refractivity contribution in [1.29, 1.82) is 0 Å². The van der Waals surface area contributed by atoms with Gasteiger partial charge in [-0.1, -0.05) is 35.0 Å². The third-order valence-electron chi connectivity index (χ3n) is 6.81. The van der Waals surface area contributed by atoms with Crippen LogP contribution in [-0.2, 0) is 11.2 Å². The van der Waals surface area contributed by atoms with Crippen LogP contribution in [-0.4, -0.2) is 34.3 Å². The quantitative estimate of drug-likeness (QED) is 0.371. The zero-order valence-electron chi connectivity index (χ0n) is 20.5. The van der Waals surface area contributed by atoms with Crippen LogP contribution in [0.15, 0.2) is 45.7 Å². The van der Waals surface area contributed by atoms with Crippen LogP contribution >= 0.6 is 15.9 Å². The van der Waals surface area contributed by atoms with Crippen molar-refractivity contribution in [2.24, 2.45) is 0 Å². The zero-order chi connectivity index (χ0) is 25.1. The van der Waals surface area contributed by atoms with Gasteiger partial charge in [0.25, 0.3) is 5.56 Å². The number of amides is 1. The molecule has 35 heavy (non-hydrogen) atoms. The predicted octanol–water partition coefficient (Wildman–Crippen LogP) is 6.67. The Morgan fingerprint density at radius 1 is 1.14 bits per heavy atom. The van der Waals surface area contributed by atoms with E-state index in [1.807, 2.05) is 58.0 Å². The van der Waals surface area contributed by atoms with E-state index in [-0.39, 0.29) is 23.0 Å². The number of nitrogens with zero attached hydrogens (tertiary/aromatic N) is 2. The Morgan fingerprint density at radius 2 is 1.86 bits per heavy atom. The number of hydrogen-bond donors (Lipinski definition) is 0. The average molecular weight is 541 g/mol. The fourth-order valence-corrected chi connectivity index (χ4v) is 5.53. The topological polar surface area (TPSA) is 51.5 Å². The summed E-state index contributed by atoms with van der Waals surface area (Å²) in [5, 5.41) is 0.746. The molecule has 0 unspecified atom stereocenters. The first-order chi connectivity index (χ1) is 16.6. The van der Waals surface area contributed by atoms with Crippen LogP contribution in [0.5, 0.6) is 0 Å². The summed E-state index contributed by atoms with van der Waals surface area (Å²) in [4.78, 5) is 28.1. The smallest absolute Gasteiger partial charge is 0.410 e. The van der Waals surface area contributed by atoms with Crippen molar-refractivity contribution in [2.75, 3.05) is 13.1 Å². The normalized spacial score (nSPS) is 16.5. The van der Waals surface area contributed by atoms with Crippen LogP contribution in [0, 0.1) is 5.82 Å². The van der Waals surface area contributed by atoms with Gasteiger partial charge in [0.1, 0.15) is 11.4 Å². The summed E-state index contributed by atoms with van der Waals surface area (Å²) >= 11 is 3.62. The number of pyridine rings is 1. The van der Waals surface area contributed by atoms with Crippen molar-refractivity contribution in [3.63, 3.8) is 0 Å². The van der Waals surface area contributed by atoms with Crippen molar-refractivity contribution in [3.05, 3.63) is 73.9 Å². The summed E-state index contributed by atoms with van der Waals surface area (Å²) in [5.41, 5.74) is 2.54. The second-order valence-corrected chi connectivity index (χ2v) is 11.5. The second kappa shape index (κ2) is 8.77. The molecule has 2 aliphatic rings. The van der Waals surface area contributed by atoms with Gasteiger partial charge in [0.2, 0.25) is 0 Å². The van der Waals surface area contributed by atoms with Crippen molar-refractivity contribution in [1.82, 2.24) is 9.47 Å². The summed E-state index contributed by atoms with van der Waals surface area (Å²) < 4.78 is 23.4. The van der Waals surface area contributed by atoms with Gasteiger partial charge in [-0.05, 0) is 86.7 Å². The summed E-state index contributed by atoms with van der Waals surface area (Å²) in [6.45, 7) is 8.45. The zero-order valence-corrected chi connectivity index (χ0v) is 22.1. The van der Waals surface area contributed by atoms with Crippen LogP contribution in [0.4, 0.5) is 9.18 Å². The maximum atomic E-state index is 15.3. The Hall–Kier alpha value is -2.67. The van der Waals surface area contributed by atoms with E-state index >= 15 is 4.39 Å². The number of hydrogen-bond acceptors (Lipinski definition) is 3. The number of carbonyl (C=O) groups is 1. The Kier molecular flexibility index (Phi) is 6.02. The van der Waals surface area contributed by atoms with E-state index in [0.717, 1.165) is 39.8 Å². The van der Waals surface area contributed by atoms with E-state index in [1.54, 1.807) is 9.47 Å². The maximum absolute atomic E-state index is 15.3. The van der Waals surface area contributed by atoms with Crippen molar-refractivity contribution in [3.8, 4) is 5.69 Å². The summed E-state index contributed by atoms with van der Waals surface area (Å²) in [6.07, 6.45) is 2.46. The standard InChI is InChI=1S/C28H30BrFN2O3/c1-5-20-21(29)7-6-8-23(20)32-24(19-14-31(15-19)27(34)35-28(2,3)4)13-18-11-17(16-9-10-16)12-22(30)25(18)26(32)33/h6-8,11-13,16,19H,5,9-10,14-15H2,1-4H3. The fourth-order valence-electron chi connectivity index (χ4n) is 4.89. The van der Waals surface area contributed by atoms with E-state index < -0.39 is 11.4 Å². The highest BCUT2D eigenvalue weighted by molar-refractivity contribution is 9.10. The van der Waals surface area contributed by atoms with E-state index in [2.05, 4.69) is 15.9 Å². The van der Waals surface area contributed by atoms with Gasteiger partial charge in [0, 0.05) is 29.2 Å². The summed E-state index contributed by atoms with van der Waals surface area (Å²) in [7, 11) is 0. The van der Waals surface area contributed by atoms with Gasteiger partial charge in [-0.2, -0.15) is 0 Å². The van der Waals surface area contributed by atoms with Crippen LogP contribution in [0.2, 0.25) is 0 Å². The number of aromatic nitrogens is 1. The molecule has 1 amide bonds. The number of benzene rings is 2. The van der Waals surface area contributed by atoms with Gasteiger partial charge in [-0.25, -0.2) is 9.18 Å². The van der Waals surface area contributed by atoms with Gasteiger partial charge in [-0.3, -0.25) is 9.36 Å². The SMILES string of the molecule is CCc1c(Br)cccc1-n1c(C2CN(C(=O)OC(C)(C)C)C2)cc2cc(C3CC3)cc(F)c2c1=O. The largest absolute Gasteiger partial charge is 0.444 e. The molecule has 184 valence electrons. The van der Waals surface area contributed by atoms with Crippen LogP contribution in [0.1, 0.15) is 69.2 Å². The van der Waals surface area contributed by atoms with Crippen molar-refractivity contribution < 1.29 is 13.9 Å². The number of ether oxygens (including phenoxy) is 1. The molecular formula is C28H30BrFN2O3. The minimum atomic E-state index is -0.573. The number of fused-ring (bicyclic) bond motifs is 1. The molecule has 1 aliphatic carbocycles. The van der Waals surface area contributed by atoms with Gasteiger partial charge in [0.15, 0.2) is 0 Å². The Balaban J connectivity index is 1.64. The highest BCUT2D eigenvalue weighted by Crippen LogP contribution is 2.42. The third kappa shape index (κ3) is 4.51. The lowest BCUT2D eigenvalue weighted by molar-refractivity contribution is 0.00770. The van der Waals surface area contributed by atoms with Crippen molar-refractivity contribution in [2.45, 2.75) is 64.4 Å². The van der Waals surface area contributed by atoms with E-state index in [4.69, 9.17) is 4.74 Å². The Labute approximate surface area is 213 Å². The first-order valence-corrected chi connectivity index (χ1v) is 13.0. The highest BCUT2D eigenvalue weighted by Gasteiger charge is 2.37. The molecule has 2 fully saturated rings. The molecule has 0 atom stereocenters. The van der Waals surface area contributed by atoms with Gasteiger partial charge >= 0.3 is 6.09 Å². The van der Waals surface area contributed by atoms with E-state index in [9.17, 15) is 9.59 Å². The number of likely N-dealkylation sites (tertiary alicyclic amines) is 1. The lowest BCUT2D eigenvalue weighted by atomic mass is 9.93. The first kappa shape index (κ1) is 24.0. The van der Waals surface area contributed by atoms with Crippen LogP contribution in [0.3, 0.4) is 0 Å². The molecule has 1 aliphatic heterocycles. The number of rotatable bonds is 4. The van der Waals surface area contributed by atoms with E-state index in [0.29, 0.717) is 30.8 Å². The number of halogens is 2. The third-order valence-corrected chi connectivity index (χ3v) is 7.55. The van der Waals surface area contributed by atoms with Crippen molar-refractivity contribution >= 4 is 32.8 Å². The molecule has 1 aromatic heterocycles. The molecule has 5 rings (SSSR count). The van der Waals surface area contributed by atoms with Gasteiger partial charge in [0.05, 0.1) is 11.1 Å². The minimum absolute atomic E-state index is 0.0593. The summed E-state index contributed by atoms with van der Waals surface area (Å²) in [5.74, 6) is -0.148. The lowest BCUT2D eigenvalue weighted by Gasteiger charge is -2.40. The molecular weight excluding hydrogens is 511 g/mol. The second-order valence-electron chi connectivity index (χ2n) is 10.6.